The van der Waals surface area contributed by atoms with Gasteiger partial charge in [-0.1, -0.05) is 41.9 Å². The molecule has 0 aromatic heterocycles. The van der Waals surface area contributed by atoms with E-state index in [9.17, 15) is 18.0 Å². The van der Waals surface area contributed by atoms with Crippen LogP contribution in [-0.4, -0.2) is 45.9 Å². The average molecular weight is 412 g/mol. The maximum Gasteiger partial charge on any atom is 0.351 e. The number of rotatable bonds is 6. The first kappa shape index (κ1) is 20.9. The quantitative estimate of drug-likeness (QED) is 0.679. The average Bonchev–Trinajstić information content (AvgIpc) is 2.66. The molecule has 2 aromatic rings. The summed E-state index contributed by atoms with van der Waals surface area (Å²) in [6.45, 7) is 0. The van der Waals surface area contributed by atoms with Crippen LogP contribution in [0.4, 0.5) is 0 Å². The maximum absolute atomic E-state index is 12.6. The van der Waals surface area contributed by atoms with Gasteiger partial charge < -0.3 is 9.47 Å². The standard InChI is InChI=1S/C18H18ClNO6S/c1-20(2)27(23,24)13-9-10-15(19)14(11-13)17(21)26-16(18(22)25-3)12-7-5-4-6-8-12/h4-11,16H,1-3H3. The molecule has 0 aliphatic carbocycles. The normalized spacial score (nSPS) is 12.5. The van der Waals surface area contributed by atoms with E-state index in [-0.39, 0.29) is 15.5 Å². The lowest BCUT2D eigenvalue weighted by Crippen LogP contribution is -2.23. The van der Waals surface area contributed by atoms with E-state index in [1.54, 1.807) is 30.3 Å². The molecule has 0 spiro atoms. The molecule has 2 rings (SSSR count). The Hall–Kier alpha value is -2.42. The van der Waals surface area contributed by atoms with E-state index >= 15 is 0 Å². The van der Waals surface area contributed by atoms with E-state index in [1.807, 2.05) is 0 Å². The Bertz CT molecular complexity index is 944. The van der Waals surface area contributed by atoms with E-state index in [0.717, 1.165) is 10.4 Å². The Morgan fingerprint density at radius 2 is 1.70 bits per heavy atom. The van der Waals surface area contributed by atoms with Crippen molar-refractivity contribution in [3.8, 4) is 0 Å². The molecular weight excluding hydrogens is 394 g/mol. The number of hydrogen-bond donors (Lipinski definition) is 0. The van der Waals surface area contributed by atoms with Crippen molar-refractivity contribution in [1.82, 2.24) is 4.31 Å². The van der Waals surface area contributed by atoms with Crippen molar-refractivity contribution in [2.45, 2.75) is 11.0 Å². The minimum Gasteiger partial charge on any atom is -0.466 e. The van der Waals surface area contributed by atoms with Crippen molar-refractivity contribution in [2.24, 2.45) is 0 Å². The Labute approximate surface area is 162 Å². The van der Waals surface area contributed by atoms with Gasteiger partial charge in [-0.3, -0.25) is 0 Å². The minimum absolute atomic E-state index is 0.00520. The minimum atomic E-state index is -3.78. The van der Waals surface area contributed by atoms with Gasteiger partial charge in [0.2, 0.25) is 16.1 Å². The first-order chi connectivity index (χ1) is 12.7. The fraction of sp³-hybridized carbons (Fsp3) is 0.222. The van der Waals surface area contributed by atoms with Crippen molar-refractivity contribution in [1.29, 1.82) is 0 Å². The van der Waals surface area contributed by atoms with Gasteiger partial charge in [-0.05, 0) is 18.2 Å². The first-order valence-electron chi connectivity index (χ1n) is 7.74. The lowest BCUT2D eigenvalue weighted by atomic mass is 10.1. The molecule has 0 aliphatic rings. The van der Waals surface area contributed by atoms with E-state index < -0.39 is 28.1 Å². The van der Waals surface area contributed by atoms with Crippen molar-refractivity contribution < 1.29 is 27.5 Å². The number of halogens is 1. The van der Waals surface area contributed by atoms with Gasteiger partial charge in [0.15, 0.2) is 0 Å². The Kier molecular flexibility index (Phi) is 6.59. The summed E-state index contributed by atoms with van der Waals surface area (Å²) < 4.78 is 35.5. The zero-order valence-electron chi connectivity index (χ0n) is 14.9. The predicted molar refractivity (Wildman–Crippen MR) is 98.9 cm³/mol. The van der Waals surface area contributed by atoms with E-state index in [0.29, 0.717) is 5.56 Å². The molecule has 0 saturated carbocycles. The highest BCUT2D eigenvalue weighted by molar-refractivity contribution is 7.89. The fourth-order valence-electron chi connectivity index (χ4n) is 2.19. The number of methoxy groups -OCH3 is 1. The summed E-state index contributed by atoms with van der Waals surface area (Å²) in [5.74, 6) is -1.72. The second-order valence-corrected chi connectivity index (χ2v) is 8.21. The zero-order chi connectivity index (χ0) is 20.2. The lowest BCUT2D eigenvalue weighted by Gasteiger charge is -2.17. The Morgan fingerprint density at radius 1 is 1.07 bits per heavy atom. The third-order valence-electron chi connectivity index (χ3n) is 3.68. The van der Waals surface area contributed by atoms with E-state index in [2.05, 4.69) is 0 Å². The smallest absolute Gasteiger partial charge is 0.351 e. The van der Waals surface area contributed by atoms with Crippen LogP contribution >= 0.6 is 11.6 Å². The molecule has 0 N–H and O–H groups in total. The van der Waals surface area contributed by atoms with Gasteiger partial charge in [0, 0.05) is 19.7 Å². The Morgan fingerprint density at radius 3 is 2.26 bits per heavy atom. The summed E-state index contributed by atoms with van der Waals surface area (Å²) in [4.78, 5) is 24.5. The van der Waals surface area contributed by atoms with Crippen LogP contribution in [0.25, 0.3) is 0 Å². The molecular formula is C18H18ClNO6S. The van der Waals surface area contributed by atoms with Crippen molar-refractivity contribution in [2.75, 3.05) is 21.2 Å². The zero-order valence-corrected chi connectivity index (χ0v) is 16.5. The monoisotopic (exact) mass is 411 g/mol. The molecule has 1 atom stereocenters. The molecule has 0 saturated heterocycles. The summed E-state index contributed by atoms with van der Waals surface area (Å²) in [7, 11) is 0.125. The van der Waals surface area contributed by atoms with Crippen LogP contribution in [0.5, 0.6) is 0 Å². The highest BCUT2D eigenvalue weighted by Gasteiger charge is 2.28. The first-order valence-corrected chi connectivity index (χ1v) is 9.56. The fourth-order valence-corrected chi connectivity index (χ4v) is 3.31. The van der Waals surface area contributed by atoms with Crippen molar-refractivity contribution in [3.05, 3.63) is 64.7 Å². The lowest BCUT2D eigenvalue weighted by molar-refractivity contribution is -0.151. The van der Waals surface area contributed by atoms with Crippen LogP contribution in [0.2, 0.25) is 5.02 Å². The summed E-state index contributed by atoms with van der Waals surface area (Å²) >= 11 is 6.04. The molecule has 0 amide bonds. The predicted octanol–water partition coefficient (Wildman–Crippen LogP) is 2.66. The number of ether oxygens (including phenoxy) is 2. The Balaban J connectivity index is 2.40. The summed E-state index contributed by atoms with van der Waals surface area (Å²) in [6.07, 6.45) is -1.31. The van der Waals surface area contributed by atoms with Gasteiger partial charge in [0.05, 0.1) is 22.6 Å². The molecule has 0 fully saturated rings. The summed E-state index contributed by atoms with van der Waals surface area (Å²) in [5, 5.41) is -0.00520. The number of nitrogens with zero attached hydrogens (tertiary/aromatic N) is 1. The molecule has 0 heterocycles. The van der Waals surface area contributed by atoms with Gasteiger partial charge in [-0.25, -0.2) is 22.3 Å². The number of carbonyl (C=O) groups is 2. The van der Waals surface area contributed by atoms with Crippen LogP contribution in [0.15, 0.2) is 53.4 Å². The van der Waals surface area contributed by atoms with Gasteiger partial charge >= 0.3 is 11.9 Å². The van der Waals surface area contributed by atoms with Gasteiger partial charge in [-0.2, -0.15) is 0 Å². The number of hydrogen-bond acceptors (Lipinski definition) is 6. The third kappa shape index (κ3) is 4.65. The van der Waals surface area contributed by atoms with Crippen molar-refractivity contribution >= 4 is 33.6 Å². The van der Waals surface area contributed by atoms with Crippen LogP contribution in [0, 0.1) is 0 Å². The molecule has 27 heavy (non-hydrogen) atoms. The number of carbonyl (C=O) groups excluding carboxylic acids is 2. The number of esters is 2. The molecule has 7 nitrogen and oxygen atoms in total. The van der Waals surface area contributed by atoms with E-state index in [1.165, 1.54) is 33.3 Å². The van der Waals surface area contributed by atoms with Crippen LogP contribution in [0.3, 0.4) is 0 Å². The molecule has 9 heteroatoms. The van der Waals surface area contributed by atoms with E-state index in [4.69, 9.17) is 21.1 Å². The van der Waals surface area contributed by atoms with Crippen LogP contribution < -0.4 is 0 Å². The number of sulfonamides is 1. The summed E-state index contributed by atoms with van der Waals surface area (Å²) in [5.41, 5.74) is 0.232. The van der Waals surface area contributed by atoms with Crippen LogP contribution in [-0.2, 0) is 24.3 Å². The SMILES string of the molecule is COC(=O)C(OC(=O)c1cc(S(=O)(=O)N(C)C)ccc1Cl)c1ccccc1. The molecule has 2 aromatic carbocycles. The summed E-state index contributed by atoms with van der Waals surface area (Å²) in [6, 6.07) is 12.0. The van der Waals surface area contributed by atoms with Gasteiger partial charge in [0.25, 0.3) is 0 Å². The third-order valence-corrected chi connectivity index (χ3v) is 5.82. The highest BCUT2D eigenvalue weighted by atomic mass is 35.5. The second-order valence-electron chi connectivity index (χ2n) is 5.65. The molecule has 0 radical (unpaired) electrons. The molecule has 1 unspecified atom stereocenters. The second kappa shape index (κ2) is 8.51. The topological polar surface area (TPSA) is 90.0 Å². The highest BCUT2D eigenvalue weighted by Crippen LogP contribution is 2.26. The van der Waals surface area contributed by atoms with Gasteiger partial charge in [0.1, 0.15) is 0 Å². The molecule has 0 aliphatic heterocycles. The van der Waals surface area contributed by atoms with Crippen LogP contribution in [0.1, 0.15) is 22.0 Å². The number of benzene rings is 2. The van der Waals surface area contributed by atoms with Gasteiger partial charge in [-0.15, -0.1) is 0 Å². The molecule has 144 valence electrons. The largest absolute Gasteiger partial charge is 0.466 e. The molecule has 0 bridgehead atoms. The van der Waals surface area contributed by atoms with Crippen molar-refractivity contribution in [3.63, 3.8) is 0 Å². The maximum atomic E-state index is 12.6.